The first-order chi connectivity index (χ1) is 9.69. The lowest BCUT2D eigenvalue weighted by Crippen LogP contribution is -2.34. The Balaban J connectivity index is 2.85. The number of nitrogens with zero attached hydrogens (tertiary/aromatic N) is 1. The number of nitrogens with one attached hydrogen (secondary N) is 1. The van der Waals surface area contributed by atoms with Crippen molar-refractivity contribution in [3.63, 3.8) is 0 Å². The van der Waals surface area contributed by atoms with Gasteiger partial charge in [0.05, 0.1) is 29.3 Å². The predicted octanol–water partition coefficient (Wildman–Crippen LogP) is 2.91. The van der Waals surface area contributed by atoms with E-state index in [0.29, 0.717) is 4.47 Å². The van der Waals surface area contributed by atoms with E-state index >= 15 is 0 Å². The van der Waals surface area contributed by atoms with Gasteiger partial charge in [0, 0.05) is 18.1 Å². The van der Waals surface area contributed by atoms with E-state index in [1.54, 1.807) is 6.07 Å². The van der Waals surface area contributed by atoms with Gasteiger partial charge in [-0.3, -0.25) is 9.52 Å². The van der Waals surface area contributed by atoms with Crippen molar-refractivity contribution >= 4 is 61.0 Å². The van der Waals surface area contributed by atoms with Crippen molar-refractivity contribution in [2.24, 2.45) is 0 Å². The second kappa shape index (κ2) is 7.64. The Morgan fingerprint density at radius 2 is 2.00 bits per heavy atom. The SMILES string of the molecule is COC(=O)CCN(C)S(=O)(=O)Nc1ccc(Br)c(Cl)c1Cl. The first kappa shape index (κ1) is 18.5. The van der Waals surface area contributed by atoms with Gasteiger partial charge in [0.1, 0.15) is 0 Å². The molecule has 21 heavy (non-hydrogen) atoms. The van der Waals surface area contributed by atoms with E-state index in [1.165, 1.54) is 20.2 Å². The number of carbonyl (C=O) groups is 1. The largest absolute Gasteiger partial charge is 0.469 e. The monoisotopic (exact) mass is 418 g/mol. The third kappa shape index (κ3) is 5.00. The number of methoxy groups -OCH3 is 1. The maximum atomic E-state index is 12.1. The van der Waals surface area contributed by atoms with Gasteiger partial charge in [-0.15, -0.1) is 0 Å². The van der Waals surface area contributed by atoms with Crippen molar-refractivity contribution in [2.45, 2.75) is 6.42 Å². The van der Waals surface area contributed by atoms with E-state index in [0.717, 1.165) is 4.31 Å². The lowest BCUT2D eigenvalue weighted by atomic mass is 10.3. The number of hydrogen-bond donors (Lipinski definition) is 1. The summed E-state index contributed by atoms with van der Waals surface area (Å²) in [6, 6.07) is 3.05. The maximum absolute atomic E-state index is 12.1. The molecule has 0 radical (unpaired) electrons. The molecule has 0 heterocycles. The van der Waals surface area contributed by atoms with E-state index in [-0.39, 0.29) is 28.7 Å². The zero-order valence-corrected chi connectivity index (χ0v) is 15.1. The molecule has 6 nitrogen and oxygen atoms in total. The summed E-state index contributed by atoms with van der Waals surface area (Å²) < 4.78 is 32.5. The molecule has 0 saturated carbocycles. The average Bonchev–Trinajstić information content (AvgIpc) is 2.44. The second-order valence-electron chi connectivity index (χ2n) is 3.98. The molecule has 1 aromatic carbocycles. The van der Waals surface area contributed by atoms with Gasteiger partial charge in [-0.25, -0.2) is 0 Å². The molecule has 0 amide bonds. The summed E-state index contributed by atoms with van der Waals surface area (Å²) >= 11 is 15.1. The minimum Gasteiger partial charge on any atom is -0.469 e. The lowest BCUT2D eigenvalue weighted by Gasteiger charge is -2.18. The Hall–Kier alpha value is -0.540. The molecule has 0 saturated heterocycles. The van der Waals surface area contributed by atoms with Gasteiger partial charge in [0.25, 0.3) is 0 Å². The zero-order chi connectivity index (χ0) is 16.2. The summed E-state index contributed by atoms with van der Waals surface area (Å²) in [6.07, 6.45) is -0.0528. The fraction of sp³-hybridized carbons (Fsp3) is 0.364. The Labute approximate surface area is 141 Å². The minimum atomic E-state index is -3.85. The van der Waals surface area contributed by atoms with Crippen LogP contribution in [-0.4, -0.2) is 39.4 Å². The Morgan fingerprint density at radius 1 is 1.38 bits per heavy atom. The van der Waals surface area contributed by atoms with Crippen LogP contribution in [0.25, 0.3) is 0 Å². The van der Waals surface area contributed by atoms with Crippen molar-refractivity contribution in [3.8, 4) is 0 Å². The highest BCUT2D eigenvalue weighted by Gasteiger charge is 2.21. The Bertz CT molecular complexity index is 639. The number of carbonyl (C=O) groups excluding carboxylic acids is 1. The molecule has 1 rings (SSSR count). The van der Waals surface area contributed by atoms with Gasteiger partial charge in [0.2, 0.25) is 0 Å². The maximum Gasteiger partial charge on any atom is 0.306 e. The molecule has 0 spiro atoms. The van der Waals surface area contributed by atoms with Crippen LogP contribution in [0.4, 0.5) is 5.69 Å². The van der Waals surface area contributed by atoms with Crippen LogP contribution in [0.1, 0.15) is 6.42 Å². The molecule has 0 aliphatic carbocycles. The average molecular weight is 420 g/mol. The summed E-state index contributed by atoms with van der Waals surface area (Å²) in [5.41, 5.74) is 0.148. The summed E-state index contributed by atoms with van der Waals surface area (Å²) in [7, 11) is -1.28. The minimum absolute atomic E-state index is 0.0239. The highest BCUT2D eigenvalue weighted by Crippen LogP contribution is 2.36. The highest BCUT2D eigenvalue weighted by molar-refractivity contribution is 9.10. The van der Waals surface area contributed by atoms with E-state index < -0.39 is 16.2 Å². The van der Waals surface area contributed by atoms with Crippen LogP contribution in [0.5, 0.6) is 0 Å². The van der Waals surface area contributed by atoms with Crippen LogP contribution in [-0.2, 0) is 19.7 Å². The molecular weight excluding hydrogens is 407 g/mol. The molecule has 1 N–H and O–H groups in total. The van der Waals surface area contributed by atoms with E-state index in [9.17, 15) is 13.2 Å². The molecule has 10 heteroatoms. The highest BCUT2D eigenvalue weighted by atomic mass is 79.9. The third-order valence-corrected chi connectivity index (χ3v) is 5.80. The second-order valence-corrected chi connectivity index (χ2v) is 7.37. The molecule has 0 unspecified atom stereocenters. The Morgan fingerprint density at radius 3 is 2.57 bits per heavy atom. The van der Waals surface area contributed by atoms with Gasteiger partial charge in [-0.05, 0) is 28.1 Å². The summed E-state index contributed by atoms with van der Waals surface area (Å²) in [4.78, 5) is 11.0. The van der Waals surface area contributed by atoms with Crippen molar-refractivity contribution in [1.82, 2.24) is 4.31 Å². The first-order valence-corrected chi connectivity index (χ1v) is 8.62. The zero-order valence-electron chi connectivity index (χ0n) is 11.2. The molecule has 0 bridgehead atoms. The molecule has 0 aliphatic rings. The normalized spacial score (nSPS) is 11.5. The number of rotatable bonds is 6. The summed E-state index contributed by atoms with van der Waals surface area (Å²) in [6.45, 7) is -0.0239. The number of benzene rings is 1. The third-order valence-electron chi connectivity index (χ3n) is 2.54. The number of anilines is 1. The van der Waals surface area contributed by atoms with Gasteiger partial charge >= 0.3 is 16.2 Å². The van der Waals surface area contributed by atoms with E-state index in [4.69, 9.17) is 23.2 Å². The number of esters is 1. The Kier molecular flexibility index (Phi) is 6.73. The molecular formula is C11H13BrCl2N2O4S. The fourth-order valence-electron chi connectivity index (χ4n) is 1.29. The van der Waals surface area contributed by atoms with Gasteiger partial charge in [-0.1, -0.05) is 23.2 Å². The number of ether oxygens (including phenoxy) is 1. The van der Waals surface area contributed by atoms with Crippen LogP contribution in [0, 0.1) is 0 Å². The quantitative estimate of drug-likeness (QED) is 0.568. The van der Waals surface area contributed by atoms with Crippen molar-refractivity contribution in [1.29, 1.82) is 0 Å². The van der Waals surface area contributed by atoms with Crippen LogP contribution < -0.4 is 4.72 Å². The molecule has 0 atom stereocenters. The van der Waals surface area contributed by atoms with Crippen LogP contribution in [0.15, 0.2) is 16.6 Å². The molecule has 0 fully saturated rings. The van der Waals surface area contributed by atoms with E-state index in [2.05, 4.69) is 25.4 Å². The van der Waals surface area contributed by atoms with Crippen LogP contribution >= 0.6 is 39.1 Å². The van der Waals surface area contributed by atoms with Crippen molar-refractivity contribution in [3.05, 3.63) is 26.7 Å². The van der Waals surface area contributed by atoms with Gasteiger partial charge in [-0.2, -0.15) is 12.7 Å². The molecule has 0 aliphatic heterocycles. The van der Waals surface area contributed by atoms with Gasteiger partial charge in [0.15, 0.2) is 0 Å². The van der Waals surface area contributed by atoms with Crippen molar-refractivity contribution < 1.29 is 17.9 Å². The summed E-state index contributed by atoms with van der Waals surface area (Å²) in [5, 5.41) is 0.282. The first-order valence-electron chi connectivity index (χ1n) is 5.63. The molecule has 0 aromatic heterocycles. The molecule has 1 aromatic rings. The number of hydrogen-bond acceptors (Lipinski definition) is 4. The standard InChI is InChI=1S/C11H13BrCl2N2O4S/c1-16(6-5-9(17)20-2)21(18,19)15-8-4-3-7(12)10(13)11(8)14/h3-4,15H,5-6H2,1-2H3. The predicted molar refractivity (Wildman–Crippen MR) is 86.0 cm³/mol. The number of halogens is 3. The van der Waals surface area contributed by atoms with Crippen LogP contribution in [0.3, 0.4) is 0 Å². The fourth-order valence-corrected chi connectivity index (χ4v) is 3.11. The smallest absolute Gasteiger partial charge is 0.306 e. The van der Waals surface area contributed by atoms with Crippen LogP contribution in [0.2, 0.25) is 10.0 Å². The topological polar surface area (TPSA) is 75.7 Å². The molecule has 118 valence electrons. The van der Waals surface area contributed by atoms with Crippen molar-refractivity contribution in [2.75, 3.05) is 25.4 Å². The van der Waals surface area contributed by atoms with E-state index in [1.807, 2.05) is 0 Å². The van der Waals surface area contributed by atoms with Gasteiger partial charge < -0.3 is 4.74 Å². The summed E-state index contributed by atoms with van der Waals surface area (Å²) in [5.74, 6) is -0.498. The lowest BCUT2D eigenvalue weighted by molar-refractivity contribution is -0.140.